The Hall–Kier alpha value is -1.39. The van der Waals surface area contributed by atoms with Crippen LogP contribution >= 0.6 is 0 Å². The Morgan fingerprint density at radius 3 is 2.14 bits per heavy atom. The number of hydrogen-bond donors (Lipinski definition) is 0. The Kier molecular flexibility index (Phi) is 8.71. The van der Waals surface area contributed by atoms with Crippen LogP contribution in [0.4, 0.5) is 0 Å². The molecule has 0 aromatic heterocycles. The number of carbonyl (C=O) groups is 1. The van der Waals surface area contributed by atoms with Gasteiger partial charge in [0.1, 0.15) is 0 Å². The van der Waals surface area contributed by atoms with Gasteiger partial charge in [0.2, 0.25) is 5.91 Å². The highest BCUT2D eigenvalue weighted by atomic mass is 16.5. The number of amides is 1. The van der Waals surface area contributed by atoms with Gasteiger partial charge in [0, 0.05) is 33.7 Å². The van der Waals surface area contributed by atoms with E-state index in [0.29, 0.717) is 32.7 Å². The summed E-state index contributed by atoms with van der Waals surface area (Å²) in [5.41, 5.74) is 2.55. The summed E-state index contributed by atoms with van der Waals surface area (Å²) in [6.45, 7) is 4.46. The van der Waals surface area contributed by atoms with Crippen LogP contribution in [0.1, 0.15) is 24.0 Å². The number of carbonyl (C=O) groups excluding carboxylic acids is 1. The van der Waals surface area contributed by atoms with Gasteiger partial charge in [0.05, 0.1) is 13.2 Å². The van der Waals surface area contributed by atoms with E-state index in [1.807, 2.05) is 4.90 Å². The molecule has 1 rings (SSSR count). The molecule has 0 heterocycles. The fraction of sp³-hybridized carbons (Fsp3) is 0.588. The van der Waals surface area contributed by atoms with Crippen molar-refractivity contribution in [2.75, 3.05) is 40.5 Å². The molecule has 4 heteroatoms. The van der Waals surface area contributed by atoms with Crippen LogP contribution in [0, 0.1) is 6.92 Å². The van der Waals surface area contributed by atoms with Crippen LogP contribution in [0.2, 0.25) is 0 Å². The standard InChI is InChI=1S/C17H27NO3/c1-15-7-9-16(10-8-15)5-4-6-17(19)18(11-13-20-2)12-14-21-3/h7-10H,4-6,11-14H2,1-3H3. The molecule has 0 aliphatic rings. The quantitative estimate of drug-likeness (QED) is 0.665. The van der Waals surface area contributed by atoms with Crippen molar-refractivity contribution in [1.29, 1.82) is 0 Å². The van der Waals surface area contributed by atoms with E-state index >= 15 is 0 Å². The monoisotopic (exact) mass is 293 g/mol. The smallest absolute Gasteiger partial charge is 0.222 e. The number of aryl methyl sites for hydroxylation is 2. The number of ether oxygens (including phenoxy) is 2. The number of benzene rings is 1. The van der Waals surface area contributed by atoms with Gasteiger partial charge in [-0.3, -0.25) is 4.79 Å². The Balaban J connectivity index is 2.35. The maximum absolute atomic E-state index is 12.2. The molecule has 1 aromatic rings. The molecule has 0 N–H and O–H groups in total. The highest BCUT2D eigenvalue weighted by Gasteiger charge is 2.12. The summed E-state index contributed by atoms with van der Waals surface area (Å²) in [6, 6.07) is 8.49. The third kappa shape index (κ3) is 7.25. The molecule has 0 saturated carbocycles. The summed E-state index contributed by atoms with van der Waals surface area (Å²) in [7, 11) is 3.30. The zero-order valence-electron chi connectivity index (χ0n) is 13.4. The minimum Gasteiger partial charge on any atom is -0.383 e. The molecule has 0 unspecified atom stereocenters. The van der Waals surface area contributed by atoms with Gasteiger partial charge in [-0.25, -0.2) is 0 Å². The lowest BCUT2D eigenvalue weighted by Gasteiger charge is -2.22. The lowest BCUT2D eigenvalue weighted by atomic mass is 10.1. The average molecular weight is 293 g/mol. The van der Waals surface area contributed by atoms with Gasteiger partial charge in [-0.1, -0.05) is 29.8 Å². The summed E-state index contributed by atoms with van der Waals surface area (Å²) in [5.74, 6) is 0.177. The van der Waals surface area contributed by atoms with E-state index < -0.39 is 0 Å². The van der Waals surface area contributed by atoms with E-state index in [4.69, 9.17) is 9.47 Å². The molecule has 0 aliphatic carbocycles. The first-order valence-corrected chi connectivity index (χ1v) is 7.48. The van der Waals surface area contributed by atoms with Crippen LogP contribution in [0.25, 0.3) is 0 Å². The van der Waals surface area contributed by atoms with Crippen molar-refractivity contribution >= 4 is 5.91 Å². The summed E-state index contributed by atoms with van der Waals surface area (Å²) < 4.78 is 10.1. The molecule has 0 atom stereocenters. The third-order valence-corrected chi connectivity index (χ3v) is 3.46. The van der Waals surface area contributed by atoms with Gasteiger partial charge in [-0.15, -0.1) is 0 Å². The van der Waals surface area contributed by atoms with Crippen LogP contribution in [0.5, 0.6) is 0 Å². The van der Waals surface area contributed by atoms with Crippen molar-refractivity contribution in [1.82, 2.24) is 4.90 Å². The molecule has 118 valence electrons. The second kappa shape index (κ2) is 10.4. The topological polar surface area (TPSA) is 38.8 Å². The van der Waals surface area contributed by atoms with Gasteiger partial charge in [0.15, 0.2) is 0 Å². The number of methoxy groups -OCH3 is 2. The fourth-order valence-electron chi connectivity index (χ4n) is 2.12. The molecule has 21 heavy (non-hydrogen) atoms. The third-order valence-electron chi connectivity index (χ3n) is 3.46. The van der Waals surface area contributed by atoms with Crippen molar-refractivity contribution < 1.29 is 14.3 Å². The number of hydrogen-bond acceptors (Lipinski definition) is 3. The van der Waals surface area contributed by atoms with Crippen molar-refractivity contribution in [3.8, 4) is 0 Å². The molecule has 1 amide bonds. The van der Waals surface area contributed by atoms with E-state index in [-0.39, 0.29) is 5.91 Å². The van der Waals surface area contributed by atoms with Crippen LogP contribution < -0.4 is 0 Å². The number of nitrogens with zero attached hydrogens (tertiary/aromatic N) is 1. The molecule has 0 bridgehead atoms. The molecule has 0 saturated heterocycles. The van der Waals surface area contributed by atoms with E-state index in [1.165, 1.54) is 11.1 Å². The average Bonchev–Trinajstić information content (AvgIpc) is 2.49. The van der Waals surface area contributed by atoms with Gasteiger partial charge < -0.3 is 14.4 Å². The van der Waals surface area contributed by atoms with Gasteiger partial charge in [0.25, 0.3) is 0 Å². The minimum absolute atomic E-state index is 0.177. The Labute approximate surface area is 128 Å². The van der Waals surface area contributed by atoms with Crippen molar-refractivity contribution in [3.63, 3.8) is 0 Å². The molecular formula is C17H27NO3. The van der Waals surface area contributed by atoms with Gasteiger partial charge >= 0.3 is 0 Å². The summed E-state index contributed by atoms with van der Waals surface area (Å²) in [5, 5.41) is 0. The largest absolute Gasteiger partial charge is 0.383 e. The van der Waals surface area contributed by atoms with Crippen molar-refractivity contribution in [2.45, 2.75) is 26.2 Å². The van der Waals surface area contributed by atoms with Crippen LogP contribution in [0.3, 0.4) is 0 Å². The van der Waals surface area contributed by atoms with Crippen molar-refractivity contribution in [3.05, 3.63) is 35.4 Å². The highest BCUT2D eigenvalue weighted by molar-refractivity contribution is 5.76. The first-order chi connectivity index (χ1) is 10.2. The second-order valence-electron chi connectivity index (χ2n) is 5.21. The highest BCUT2D eigenvalue weighted by Crippen LogP contribution is 2.08. The molecule has 0 aliphatic heterocycles. The summed E-state index contributed by atoms with van der Waals surface area (Å²) in [6.07, 6.45) is 2.38. The molecule has 0 radical (unpaired) electrons. The minimum atomic E-state index is 0.177. The van der Waals surface area contributed by atoms with Crippen LogP contribution in [-0.4, -0.2) is 51.3 Å². The van der Waals surface area contributed by atoms with E-state index in [0.717, 1.165) is 12.8 Å². The molecule has 4 nitrogen and oxygen atoms in total. The molecule has 1 aromatic carbocycles. The molecule has 0 fully saturated rings. The first kappa shape index (κ1) is 17.7. The van der Waals surface area contributed by atoms with E-state index in [2.05, 4.69) is 31.2 Å². The Morgan fingerprint density at radius 1 is 1.05 bits per heavy atom. The van der Waals surface area contributed by atoms with Crippen molar-refractivity contribution in [2.24, 2.45) is 0 Å². The number of rotatable bonds is 10. The van der Waals surface area contributed by atoms with Crippen LogP contribution in [0.15, 0.2) is 24.3 Å². The fourth-order valence-corrected chi connectivity index (χ4v) is 2.12. The Morgan fingerprint density at radius 2 is 1.62 bits per heavy atom. The maximum atomic E-state index is 12.2. The second-order valence-corrected chi connectivity index (χ2v) is 5.21. The summed E-state index contributed by atoms with van der Waals surface area (Å²) in [4.78, 5) is 14.0. The van der Waals surface area contributed by atoms with Crippen LogP contribution in [-0.2, 0) is 20.7 Å². The van der Waals surface area contributed by atoms with E-state index in [9.17, 15) is 4.79 Å². The van der Waals surface area contributed by atoms with Gasteiger partial charge in [-0.05, 0) is 25.3 Å². The lowest BCUT2D eigenvalue weighted by Crippen LogP contribution is -2.36. The summed E-state index contributed by atoms with van der Waals surface area (Å²) >= 11 is 0. The molecule has 0 spiro atoms. The maximum Gasteiger partial charge on any atom is 0.222 e. The SMILES string of the molecule is COCCN(CCOC)C(=O)CCCc1ccc(C)cc1. The zero-order chi connectivity index (χ0) is 15.5. The predicted molar refractivity (Wildman–Crippen MR) is 84.4 cm³/mol. The lowest BCUT2D eigenvalue weighted by molar-refractivity contribution is -0.132. The first-order valence-electron chi connectivity index (χ1n) is 7.48. The molecular weight excluding hydrogens is 266 g/mol. The Bertz CT molecular complexity index is 395. The predicted octanol–water partition coefficient (Wildman–Crippen LogP) is 2.44. The van der Waals surface area contributed by atoms with Gasteiger partial charge in [-0.2, -0.15) is 0 Å². The normalized spacial score (nSPS) is 10.6. The zero-order valence-corrected chi connectivity index (χ0v) is 13.4. The van der Waals surface area contributed by atoms with E-state index in [1.54, 1.807) is 14.2 Å².